The number of aromatic nitrogens is 1. The summed E-state index contributed by atoms with van der Waals surface area (Å²) in [7, 11) is 0. The molecule has 1 N–H and O–H groups in total. The Morgan fingerprint density at radius 3 is 2.64 bits per heavy atom. The van der Waals surface area contributed by atoms with Gasteiger partial charge in [-0.1, -0.05) is 43.2 Å². The molecular formula is C36H38N2O6S. The monoisotopic (exact) mass is 626 g/mol. The van der Waals surface area contributed by atoms with E-state index in [0.717, 1.165) is 51.9 Å². The number of hydrogen-bond acceptors (Lipinski definition) is 8. The minimum Gasteiger partial charge on any atom is -0.507 e. The van der Waals surface area contributed by atoms with Crippen molar-refractivity contribution in [1.82, 2.24) is 4.98 Å². The Labute approximate surface area is 267 Å². The van der Waals surface area contributed by atoms with Gasteiger partial charge in [0.1, 0.15) is 17.6 Å². The highest BCUT2D eigenvalue weighted by atomic mass is 32.1. The number of unbranched alkanes of at least 4 members (excludes halogenated alkanes) is 2. The van der Waals surface area contributed by atoms with Crippen molar-refractivity contribution in [1.29, 1.82) is 0 Å². The van der Waals surface area contributed by atoms with Gasteiger partial charge in [0.25, 0.3) is 5.78 Å². The third-order valence-corrected chi connectivity index (χ3v) is 9.23. The first-order valence-electron chi connectivity index (χ1n) is 15.6. The van der Waals surface area contributed by atoms with Crippen LogP contribution in [-0.4, -0.2) is 41.1 Å². The van der Waals surface area contributed by atoms with Gasteiger partial charge in [-0.05, 0) is 92.8 Å². The van der Waals surface area contributed by atoms with Gasteiger partial charge in [0, 0.05) is 12.0 Å². The molecule has 3 aromatic carbocycles. The van der Waals surface area contributed by atoms with Crippen LogP contribution in [0, 0.1) is 13.8 Å². The number of Topliss-reactive ketones (excluding diaryl/α,β-unsaturated/α-hetero) is 1. The van der Waals surface area contributed by atoms with Crippen LogP contribution in [0.2, 0.25) is 0 Å². The molecule has 1 fully saturated rings. The zero-order valence-electron chi connectivity index (χ0n) is 26.3. The predicted molar refractivity (Wildman–Crippen MR) is 177 cm³/mol. The smallest absolute Gasteiger partial charge is 0.301 e. The second-order valence-corrected chi connectivity index (χ2v) is 12.8. The number of carbonyl (C=O) groups is 2. The molecule has 9 heteroatoms. The van der Waals surface area contributed by atoms with E-state index in [-0.39, 0.29) is 17.4 Å². The highest BCUT2D eigenvalue weighted by Gasteiger charge is 2.48. The lowest BCUT2D eigenvalue weighted by atomic mass is 9.94. The van der Waals surface area contributed by atoms with Gasteiger partial charge < -0.3 is 19.3 Å². The Balaban J connectivity index is 1.50. The number of nitrogens with zero attached hydrogens (tertiary/aromatic N) is 2. The molecule has 234 valence electrons. The fourth-order valence-corrected chi connectivity index (χ4v) is 7.32. The second kappa shape index (κ2) is 12.6. The van der Waals surface area contributed by atoms with Crippen molar-refractivity contribution in [3.8, 4) is 17.2 Å². The molecule has 1 aromatic heterocycles. The van der Waals surface area contributed by atoms with Crippen LogP contribution >= 0.6 is 11.3 Å². The van der Waals surface area contributed by atoms with Crippen LogP contribution in [0.4, 0.5) is 5.13 Å². The van der Waals surface area contributed by atoms with Crippen molar-refractivity contribution in [3.05, 3.63) is 81.9 Å². The van der Waals surface area contributed by atoms with Crippen molar-refractivity contribution in [2.45, 2.75) is 72.4 Å². The number of anilines is 1. The molecule has 0 spiro atoms. The van der Waals surface area contributed by atoms with E-state index in [1.165, 1.54) is 16.2 Å². The number of carbonyl (C=O) groups excluding carboxylic acids is 2. The van der Waals surface area contributed by atoms with Gasteiger partial charge in [-0.15, -0.1) is 0 Å². The maximum atomic E-state index is 13.9. The first-order chi connectivity index (χ1) is 21.7. The molecule has 1 amide bonds. The number of benzene rings is 3. The highest BCUT2D eigenvalue weighted by molar-refractivity contribution is 7.22. The SMILES string of the molecule is CCCCCOc1ccc([C@H]2C(=C(O)c3ccc4c(c3)C[C@H](C)O4)C(=O)C(=O)N2c2nc3c(C)cc(C)cc3s2)cc1OCC. The number of amides is 1. The van der Waals surface area contributed by atoms with Gasteiger partial charge in [0.05, 0.1) is 35.0 Å². The Morgan fingerprint density at radius 1 is 1.04 bits per heavy atom. The summed E-state index contributed by atoms with van der Waals surface area (Å²) in [6.07, 6.45) is 3.78. The standard InChI is InChI=1S/C36H38N2O6S/c1-6-8-9-14-43-27-13-10-23(19-28(27)42-7-2)32-30(33(39)24-11-12-26-25(18-24)17-22(5)44-26)34(40)35(41)38(32)36-37-31-21(4)15-20(3)16-29(31)45-36/h10-13,15-16,18-19,22,32,39H,6-9,14,17H2,1-5H3/t22-,32-/m0/s1. The van der Waals surface area contributed by atoms with Crippen LogP contribution in [0.1, 0.15) is 73.9 Å². The molecule has 6 rings (SSSR count). The maximum absolute atomic E-state index is 13.9. The van der Waals surface area contributed by atoms with E-state index in [1.807, 2.05) is 58.0 Å². The topological polar surface area (TPSA) is 98.2 Å². The number of aryl methyl sites for hydroxylation is 2. The maximum Gasteiger partial charge on any atom is 0.301 e. The third-order valence-electron chi connectivity index (χ3n) is 8.23. The van der Waals surface area contributed by atoms with Crippen LogP contribution in [0.3, 0.4) is 0 Å². The summed E-state index contributed by atoms with van der Waals surface area (Å²) in [5.74, 6) is 0.101. The van der Waals surface area contributed by atoms with Crippen LogP contribution < -0.4 is 19.1 Å². The van der Waals surface area contributed by atoms with Crippen molar-refractivity contribution in [3.63, 3.8) is 0 Å². The quantitative estimate of drug-likeness (QED) is 0.0829. The van der Waals surface area contributed by atoms with E-state index in [4.69, 9.17) is 19.2 Å². The summed E-state index contributed by atoms with van der Waals surface area (Å²) in [5.41, 5.74) is 4.84. The number of ether oxygens (including phenoxy) is 3. The predicted octanol–water partition coefficient (Wildman–Crippen LogP) is 7.83. The van der Waals surface area contributed by atoms with Crippen molar-refractivity contribution >= 4 is 44.1 Å². The van der Waals surface area contributed by atoms with Gasteiger partial charge in [-0.3, -0.25) is 14.5 Å². The molecule has 2 aliphatic heterocycles. The number of aliphatic hydroxyl groups excluding tert-OH is 1. The molecular weight excluding hydrogens is 588 g/mol. The van der Waals surface area contributed by atoms with Crippen molar-refractivity contribution in [2.24, 2.45) is 0 Å². The zero-order valence-corrected chi connectivity index (χ0v) is 27.1. The van der Waals surface area contributed by atoms with E-state index in [0.29, 0.717) is 47.4 Å². The summed E-state index contributed by atoms with van der Waals surface area (Å²) in [6, 6.07) is 13.9. The molecule has 3 heterocycles. The summed E-state index contributed by atoms with van der Waals surface area (Å²) in [4.78, 5) is 34.0. The van der Waals surface area contributed by atoms with E-state index < -0.39 is 17.7 Å². The summed E-state index contributed by atoms with van der Waals surface area (Å²) in [5, 5.41) is 12.2. The number of aliphatic hydroxyl groups is 1. The molecule has 2 atom stereocenters. The minimum atomic E-state index is -0.941. The highest BCUT2D eigenvalue weighted by Crippen LogP contribution is 2.46. The average molecular weight is 627 g/mol. The Morgan fingerprint density at radius 2 is 1.87 bits per heavy atom. The molecule has 8 nitrogen and oxygen atoms in total. The molecule has 4 aromatic rings. The van der Waals surface area contributed by atoms with E-state index >= 15 is 0 Å². The first-order valence-corrected chi connectivity index (χ1v) is 16.4. The Bertz CT molecular complexity index is 1830. The molecule has 2 aliphatic rings. The van der Waals surface area contributed by atoms with Gasteiger partial charge in [0.2, 0.25) is 0 Å². The zero-order chi connectivity index (χ0) is 31.8. The van der Waals surface area contributed by atoms with Crippen LogP contribution in [0.15, 0.2) is 54.1 Å². The van der Waals surface area contributed by atoms with Gasteiger partial charge >= 0.3 is 5.91 Å². The van der Waals surface area contributed by atoms with Crippen LogP contribution in [0.5, 0.6) is 17.2 Å². The van der Waals surface area contributed by atoms with E-state index in [1.54, 1.807) is 18.2 Å². The minimum absolute atomic E-state index is 0.00173. The molecule has 0 unspecified atom stereocenters. The lowest BCUT2D eigenvalue weighted by molar-refractivity contribution is -0.132. The van der Waals surface area contributed by atoms with E-state index in [9.17, 15) is 14.7 Å². The summed E-state index contributed by atoms with van der Waals surface area (Å²) in [6.45, 7) is 11.0. The molecule has 0 saturated carbocycles. The fourth-order valence-electron chi connectivity index (χ4n) is 6.15. The molecule has 45 heavy (non-hydrogen) atoms. The number of fused-ring (bicyclic) bond motifs is 2. The summed E-state index contributed by atoms with van der Waals surface area (Å²) < 4.78 is 18.8. The lowest BCUT2D eigenvalue weighted by Crippen LogP contribution is -2.29. The largest absolute Gasteiger partial charge is 0.507 e. The van der Waals surface area contributed by atoms with E-state index in [2.05, 4.69) is 6.92 Å². The Hall–Kier alpha value is -4.37. The molecule has 0 aliphatic carbocycles. The van der Waals surface area contributed by atoms with Gasteiger partial charge in [-0.2, -0.15) is 0 Å². The number of rotatable bonds is 10. The number of hydrogen-bond donors (Lipinski definition) is 1. The van der Waals surface area contributed by atoms with Crippen LogP contribution in [-0.2, 0) is 16.0 Å². The fraction of sp³-hybridized carbons (Fsp3) is 0.361. The normalized spacial score (nSPS) is 18.8. The van der Waals surface area contributed by atoms with Crippen molar-refractivity contribution < 1.29 is 28.9 Å². The third kappa shape index (κ3) is 5.77. The van der Waals surface area contributed by atoms with Crippen molar-refractivity contribution in [2.75, 3.05) is 18.1 Å². The molecule has 0 radical (unpaired) electrons. The molecule has 1 saturated heterocycles. The molecule has 0 bridgehead atoms. The van der Waals surface area contributed by atoms with Gasteiger partial charge in [0.15, 0.2) is 16.6 Å². The number of thiazole rings is 1. The second-order valence-electron chi connectivity index (χ2n) is 11.7. The first kappa shape index (κ1) is 30.6. The summed E-state index contributed by atoms with van der Waals surface area (Å²) >= 11 is 1.35. The lowest BCUT2D eigenvalue weighted by Gasteiger charge is -2.24. The average Bonchev–Trinajstić information content (AvgIpc) is 3.68. The number of ketones is 1. The Kier molecular flexibility index (Phi) is 8.55. The van der Waals surface area contributed by atoms with Gasteiger partial charge in [-0.25, -0.2) is 4.98 Å². The van der Waals surface area contributed by atoms with Crippen LogP contribution in [0.25, 0.3) is 16.0 Å².